The summed E-state index contributed by atoms with van der Waals surface area (Å²) < 4.78 is 67.3. The molecule has 1 aromatic carbocycles. The lowest BCUT2D eigenvalue weighted by Gasteiger charge is -2.41. The number of piperazine rings is 1. The van der Waals surface area contributed by atoms with Gasteiger partial charge >= 0.3 is 6.18 Å². The number of nitrogens with zero attached hydrogens (tertiary/aromatic N) is 3. The molecule has 0 aliphatic carbocycles. The van der Waals surface area contributed by atoms with Crippen molar-refractivity contribution in [3.8, 4) is 6.07 Å². The molecule has 7 nitrogen and oxygen atoms in total. The van der Waals surface area contributed by atoms with Crippen LogP contribution in [0.2, 0.25) is 4.34 Å². The molecule has 2 heterocycles. The number of rotatable bonds is 4. The van der Waals surface area contributed by atoms with Gasteiger partial charge in [-0.3, -0.25) is 4.79 Å². The summed E-state index contributed by atoms with van der Waals surface area (Å²) in [5, 5.41) is 11.4. The molecule has 1 saturated heterocycles. The van der Waals surface area contributed by atoms with Gasteiger partial charge in [0.2, 0.25) is 5.91 Å². The topological polar surface area (TPSA) is 93.5 Å². The maximum absolute atomic E-state index is 13.4. The van der Waals surface area contributed by atoms with Crippen LogP contribution in [0.1, 0.15) is 11.1 Å². The van der Waals surface area contributed by atoms with E-state index in [1.807, 2.05) is 0 Å². The Morgan fingerprint density at radius 1 is 1.29 bits per heavy atom. The molecule has 31 heavy (non-hydrogen) atoms. The van der Waals surface area contributed by atoms with E-state index in [2.05, 4.69) is 5.32 Å². The van der Waals surface area contributed by atoms with Gasteiger partial charge in [-0.1, -0.05) is 11.6 Å². The number of likely N-dealkylation sites (N-methyl/N-ethyl adjacent to an activating group) is 1. The largest absolute Gasteiger partial charge is 0.417 e. The third-order valence-corrected chi connectivity index (χ3v) is 8.36. The molecular weight excluding hydrogens is 477 g/mol. The Labute approximate surface area is 185 Å². The molecule has 2 aromatic rings. The molecule has 1 aromatic heterocycles. The van der Waals surface area contributed by atoms with Gasteiger partial charge in [0.1, 0.15) is 10.3 Å². The molecule has 3 rings (SSSR count). The number of amides is 1. The van der Waals surface area contributed by atoms with Crippen molar-refractivity contribution in [2.75, 3.05) is 31.6 Å². The van der Waals surface area contributed by atoms with Crippen LogP contribution in [0.25, 0.3) is 0 Å². The lowest BCUT2D eigenvalue weighted by Crippen LogP contribution is -2.59. The second-order valence-electron chi connectivity index (χ2n) is 6.58. The van der Waals surface area contributed by atoms with Crippen LogP contribution in [0.15, 0.2) is 34.5 Å². The first-order valence-electron chi connectivity index (χ1n) is 8.84. The summed E-state index contributed by atoms with van der Waals surface area (Å²) in [7, 11) is -2.57. The van der Waals surface area contributed by atoms with E-state index in [-0.39, 0.29) is 33.9 Å². The second kappa shape index (κ2) is 8.66. The first kappa shape index (κ1) is 23.3. The molecule has 166 valence electrons. The van der Waals surface area contributed by atoms with E-state index >= 15 is 0 Å². The van der Waals surface area contributed by atoms with Crippen LogP contribution in [0, 0.1) is 11.3 Å². The summed E-state index contributed by atoms with van der Waals surface area (Å²) in [5.74, 6) is -0.554. The van der Waals surface area contributed by atoms with Gasteiger partial charge in [0.25, 0.3) is 10.0 Å². The Bertz CT molecular complexity index is 1140. The normalized spacial score (nSPS) is 17.9. The third kappa shape index (κ3) is 4.64. The first-order chi connectivity index (χ1) is 14.5. The van der Waals surface area contributed by atoms with Gasteiger partial charge < -0.3 is 10.2 Å². The minimum absolute atomic E-state index is 0.0133. The molecule has 1 fully saturated rings. The number of benzene rings is 1. The third-order valence-electron chi connectivity index (χ3n) is 4.80. The summed E-state index contributed by atoms with van der Waals surface area (Å²) in [5.41, 5.74) is -1.59. The van der Waals surface area contributed by atoms with Crippen LogP contribution in [0.5, 0.6) is 0 Å². The van der Waals surface area contributed by atoms with E-state index in [1.165, 1.54) is 36.2 Å². The molecule has 0 saturated carbocycles. The lowest BCUT2D eigenvalue weighted by atomic mass is 10.0. The Morgan fingerprint density at radius 3 is 2.55 bits per heavy atom. The first-order valence-corrected chi connectivity index (χ1v) is 11.5. The van der Waals surface area contributed by atoms with Crippen LogP contribution in [0.3, 0.4) is 0 Å². The minimum Gasteiger partial charge on any atom is -0.357 e. The summed E-state index contributed by atoms with van der Waals surface area (Å²) in [4.78, 5) is 13.9. The number of alkyl halides is 3. The Hall–Kier alpha value is -2.33. The van der Waals surface area contributed by atoms with E-state index in [9.17, 15) is 26.4 Å². The van der Waals surface area contributed by atoms with Crippen LogP contribution >= 0.6 is 22.9 Å². The lowest BCUT2D eigenvalue weighted by molar-refractivity contribution is -0.137. The highest BCUT2D eigenvalue weighted by Crippen LogP contribution is 2.36. The van der Waals surface area contributed by atoms with Crippen molar-refractivity contribution in [1.82, 2.24) is 9.62 Å². The highest BCUT2D eigenvalue weighted by molar-refractivity contribution is 7.91. The fourth-order valence-electron chi connectivity index (χ4n) is 3.28. The number of hydrogen-bond acceptors (Lipinski definition) is 6. The predicted molar refractivity (Wildman–Crippen MR) is 109 cm³/mol. The molecule has 1 amide bonds. The molecule has 0 bridgehead atoms. The van der Waals surface area contributed by atoms with Crippen molar-refractivity contribution in [2.24, 2.45) is 0 Å². The number of anilines is 1. The van der Waals surface area contributed by atoms with Crippen LogP contribution in [0.4, 0.5) is 18.9 Å². The van der Waals surface area contributed by atoms with Crippen LogP contribution in [-0.4, -0.2) is 51.4 Å². The quantitative estimate of drug-likeness (QED) is 0.708. The monoisotopic (exact) mass is 492 g/mol. The number of sulfonamides is 1. The second-order valence-corrected chi connectivity index (χ2v) is 10.5. The summed E-state index contributed by atoms with van der Waals surface area (Å²) in [6.07, 6.45) is -4.76. The smallest absolute Gasteiger partial charge is 0.357 e. The summed E-state index contributed by atoms with van der Waals surface area (Å²) in [6, 6.07) is 6.40. The predicted octanol–water partition coefficient (Wildman–Crippen LogP) is 2.92. The van der Waals surface area contributed by atoms with E-state index in [0.717, 1.165) is 27.8 Å². The number of nitriles is 1. The molecule has 1 N–H and O–H groups in total. The van der Waals surface area contributed by atoms with Crippen LogP contribution < -0.4 is 10.2 Å². The Kier molecular flexibility index (Phi) is 6.52. The zero-order chi connectivity index (χ0) is 23.0. The Balaban J connectivity index is 1.97. The van der Waals surface area contributed by atoms with Gasteiger partial charge in [-0.2, -0.15) is 22.7 Å². The van der Waals surface area contributed by atoms with E-state index in [0.29, 0.717) is 0 Å². The zero-order valence-corrected chi connectivity index (χ0v) is 18.4. The zero-order valence-electron chi connectivity index (χ0n) is 16.0. The average molecular weight is 493 g/mol. The van der Waals surface area contributed by atoms with Gasteiger partial charge in [0.05, 0.1) is 21.5 Å². The average Bonchev–Trinajstić information content (AvgIpc) is 3.18. The molecule has 13 heteroatoms. The van der Waals surface area contributed by atoms with Gasteiger partial charge in [0, 0.05) is 32.4 Å². The van der Waals surface area contributed by atoms with Crippen molar-refractivity contribution in [2.45, 2.75) is 16.4 Å². The molecular formula is C18H16ClF3N4O3S2. The number of thiophene rings is 1. The van der Waals surface area contributed by atoms with Gasteiger partial charge in [-0.15, -0.1) is 11.3 Å². The number of nitrogens with one attached hydrogen (secondary N) is 1. The highest BCUT2D eigenvalue weighted by atomic mass is 35.5. The maximum atomic E-state index is 13.4. The SMILES string of the molecule is CNC(=O)C1CN(S(=O)(=O)c2ccc(Cl)s2)CCN1c1ccc(C#N)c(C(F)(F)F)c1. The standard InChI is InChI=1S/C18H16ClF3N4O3S2/c1-24-17(27)14-10-25(31(28,29)16-5-4-15(19)30-16)6-7-26(14)12-3-2-11(9-23)13(8-12)18(20,21)22/h2-5,8,14H,6-7,10H2,1H3,(H,24,27). The molecule has 0 radical (unpaired) electrons. The number of carbonyl (C=O) groups is 1. The van der Waals surface area contributed by atoms with Gasteiger partial charge in [0.15, 0.2) is 0 Å². The number of carbonyl (C=O) groups excluding carboxylic acids is 1. The van der Waals surface area contributed by atoms with E-state index in [1.54, 1.807) is 0 Å². The summed E-state index contributed by atoms with van der Waals surface area (Å²) in [6.45, 7) is -0.342. The molecule has 0 spiro atoms. The van der Waals surface area contributed by atoms with E-state index in [4.69, 9.17) is 16.9 Å². The molecule has 1 aliphatic rings. The highest BCUT2D eigenvalue weighted by Gasteiger charge is 2.40. The minimum atomic E-state index is -4.76. The van der Waals surface area contributed by atoms with Crippen molar-refractivity contribution >= 4 is 44.6 Å². The number of hydrogen-bond donors (Lipinski definition) is 1. The summed E-state index contributed by atoms with van der Waals surface area (Å²) >= 11 is 6.71. The maximum Gasteiger partial charge on any atom is 0.417 e. The molecule has 1 atom stereocenters. The fourth-order valence-corrected chi connectivity index (χ4v) is 6.36. The van der Waals surface area contributed by atoms with Crippen molar-refractivity contribution in [3.05, 3.63) is 45.8 Å². The van der Waals surface area contributed by atoms with Gasteiger partial charge in [-0.05, 0) is 30.3 Å². The number of halogens is 4. The van der Waals surface area contributed by atoms with Crippen molar-refractivity contribution in [3.63, 3.8) is 0 Å². The molecule has 1 unspecified atom stereocenters. The van der Waals surface area contributed by atoms with Crippen molar-refractivity contribution < 1.29 is 26.4 Å². The van der Waals surface area contributed by atoms with E-state index < -0.39 is 39.3 Å². The van der Waals surface area contributed by atoms with Gasteiger partial charge in [-0.25, -0.2) is 8.42 Å². The molecule has 1 aliphatic heterocycles. The van der Waals surface area contributed by atoms with Crippen molar-refractivity contribution in [1.29, 1.82) is 5.26 Å². The van der Waals surface area contributed by atoms with Crippen LogP contribution in [-0.2, 0) is 21.0 Å². The fraction of sp³-hybridized carbons (Fsp3) is 0.333. The Morgan fingerprint density at radius 2 is 2.00 bits per heavy atom.